The summed E-state index contributed by atoms with van der Waals surface area (Å²) in [4.78, 5) is 26.9. The number of rotatable bonds is 4. The molecule has 4 aromatic carbocycles. The summed E-state index contributed by atoms with van der Waals surface area (Å²) in [5.74, 6) is -0.314. The standard InChI is InChI=1S/C26H18N2O2.2C2H6/c29-25-20-14-8-16-22(28-18-11-5-2-6-12-18)24(20)26(30)19-13-7-15-21(23(19)25)27-17-9-3-1-4-10-17;2*1-2/h1-16,27-28H;2*1-2H3. The Morgan fingerprint density at radius 2 is 0.794 bits per heavy atom. The summed E-state index contributed by atoms with van der Waals surface area (Å²) in [7, 11) is 0. The van der Waals surface area contributed by atoms with E-state index in [2.05, 4.69) is 10.6 Å². The molecule has 0 fully saturated rings. The lowest BCUT2D eigenvalue weighted by molar-refractivity contribution is 0.0980. The van der Waals surface area contributed by atoms with Gasteiger partial charge in [-0.25, -0.2) is 0 Å². The van der Waals surface area contributed by atoms with Crippen molar-refractivity contribution in [3.8, 4) is 0 Å². The Morgan fingerprint density at radius 3 is 1.15 bits per heavy atom. The van der Waals surface area contributed by atoms with E-state index in [1.54, 1.807) is 24.3 Å². The van der Waals surface area contributed by atoms with Gasteiger partial charge in [-0.2, -0.15) is 0 Å². The van der Waals surface area contributed by atoms with Crippen LogP contribution in [0, 0.1) is 0 Å². The van der Waals surface area contributed by atoms with E-state index < -0.39 is 0 Å². The van der Waals surface area contributed by atoms with Gasteiger partial charge in [0.1, 0.15) is 0 Å². The van der Waals surface area contributed by atoms with Gasteiger partial charge in [0.2, 0.25) is 0 Å². The predicted octanol–water partition coefficient (Wildman–Crippen LogP) is 8.00. The lowest BCUT2D eigenvalue weighted by Crippen LogP contribution is -2.23. The number of ketones is 2. The number of carbonyl (C=O) groups is 2. The lowest BCUT2D eigenvalue weighted by Gasteiger charge is -2.23. The van der Waals surface area contributed by atoms with E-state index in [1.807, 2.05) is 100 Å². The highest BCUT2D eigenvalue weighted by Crippen LogP contribution is 2.37. The van der Waals surface area contributed by atoms with Crippen LogP contribution in [0.2, 0.25) is 0 Å². The third kappa shape index (κ3) is 4.91. The van der Waals surface area contributed by atoms with Crippen molar-refractivity contribution in [3.05, 3.63) is 119 Å². The molecule has 0 aromatic heterocycles. The van der Waals surface area contributed by atoms with Crippen molar-refractivity contribution in [1.29, 1.82) is 0 Å². The first-order valence-electron chi connectivity index (χ1n) is 11.7. The summed E-state index contributed by atoms with van der Waals surface area (Å²) in [5.41, 5.74) is 4.62. The number of carbonyl (C=O) groups excluding carboxylic acids is 2. The Hall–Kier alpha value is -4.18. The maximum atomic E-state index is 13.4. The second-order valence-electron chi connectivity index (χ2n) is 7.10. The zero-order chi connectivity index (χ0) is 24.5. The van der Waals surface area contributed by atoms with Crippen LogP contribution in [0.3, 0.4) is 0 Å². The molecule has 2 N–H and O–H groups in total. The van der Waals surface area contributed by atoms with Crippen LogP contribution in [-0.2, 0) is 0 Å². The van der Waals surface area contributed by atoms with Gasteiger partial charge in [0.05, 0.1) is 22.5 Å². The molecule has 0 amide bonds. The molecule has 0 aliphatic heterocycles. The molecule has 172 valence electrons. The summed E-state index contributed by atoms with van der Waals surface area (Å²) in [5, 5.41) is 6.56. The number of hydrogen-bond acceptors (Lipinski definition) is 4. The van der Waals surface area contributed by atoms with Gasteiger partial charge in [-0.1, -0.05) is 88.4 Å². The minimum Gasteiger partial charge on any atom is -0.355 e. The van der Waals surface area contributed by atoms with Gasteiger partial charge in [-0.05, 0) is 36.4 Å². The molecule has 5 rings (SSSR count). The lowest BCUT2D eigenvalue weighted by atomic mass is 9.82. The molecule has 0 heterocycles. The third-order valence-corrected chi connectivity index (χ3v) is 5.18. The van der Waals surface area contributed by atoms with Gasteiger partial charge in [-0.15, -0.1) is 0 Å². The van der Waals surface area contributed by atoms with Gasteiger partial charge in [0, 0.05) is 22.5 Å². The molecular weight excluding hydrogens is 420 g/mol. The second kappa shape index (κ2) is 11.6. The fourth-order valence-corrected chi connectivity index (χ4v) is 3.80. The van der Waals surface area contributed by atoms with E-state index >= 15 is 0 Å². The van der Waals surface area contributed by atoms with Crippen molar-refractivity contribution < 1.29 is 9.59 Å². The average molecular weight is 451 g/mol. The molecule has 0 bridgehead atoms. The number of nitrogens with one attached hydrogen (secondary N) is 2. The number of benzene rings is 4. The van der Waals surface area contributed by atoms with E-state index in [0.29, 0.717) is 33.6 Å². The van der Waals surface area contributed by atoms with Crippen LogP contribution in [-0.4, -0.2) is 11.6 Å². The summed E-state index contributed by atoms with van der Waals surface area (Å²) >= 11 is 0. The van der Waals surface area contributed by atoms with Gasteiger partial charge >= 0.3 is 0 Å². The molecule has 4 aromatic rings. The van der Waals surface area contributed by atoms with Crippen LogP contribution < -0.4 is 10.6 Å². The molecule has 4 heteroatoms. The largest absolute Gasteiger partial charge is 0.355 e. The minimum atomic E-state index is -0.157. The van der Waals surface area contributed by atoms with Crippen LogP contribution in [0.25, 0.3) is 0 Å². The molecule has 0 spiro atoms. The first kappa shape index (κ1) is 24.5. The number of hydrogen-bond donors (Lipinski definition) is 2. The topological polar surface area (TPSA) is 58.2 Å². The molecule has 0 saturated carbocycles. The molecule has 0 unspecified atom stereocenters. The van der Waals surface area contributed by atoms with Crippen LogP contribution in [0.4, 0.5) is 22.7 Å². The van der Waals surface area contributed by atoms with Crippen molar-refractivity contribution in [2.45, 2.75) is 27.7 Å². The third-order valence-electron chi connectivity index (χ3n) is 5.18. The van der Waals surface area contributed by atoms with Crippen LogP contribution in [0.5, 0.6) is 0 Å². The van der Waals surface area contributed by atoms with Crippen molar-refractivity contribution in [2.75, 3.05) is 10.6 Å². The van der Waals surface area contributed by atoms with E-state index in [-0.39, 0.29) is 11.6 Å². The van der Waals surface area contributed by atoms with Gasteiger partial charge in [-0.3, -0.25) is 9.59 Å². The van der Waals surface area contributed by atoms with Crippen LogP contribution in [0.1, 0.15) is 59.5 Å². The smallest absolute Gasteiger partial charge is 0.196 e. The van der Waals surface area contributed by atoms with Crippen LogP contribution >= 0.6 is 0 Å². The fraction of sp³-hybridized carbons (Fsp3) is 0.133. The molecule has 0 atom stereocenters. The maximum Gasteiger partial charge on any atom is 0.196 e. The average Bonchev–Trinajstić information content (AvgIpc) is 2.91. The minimum absolute atomic E-state index is 0.157. The van der Waals surface area contributed by atoms with Crippen molar-refractivity contribution in [2.24, 2.45) is 0 Å². The summed E-state index contributed by atoms with van der Waals surface area (Å²) in [6, 6.07) is 29.9. The Labute approximate surface area is 201 Å². The summed E-state index contributed by atoms with van der Waals surface area (Å²) in [6.45, 7) is 8.00. The fourth-order valence-electron chi connectivity index (χ4n) is 3.80. The first-order chi connectivity index (χ1) is 16.7. The van der Waals surface area contributed by atoms with Crippen molar-refractivity contribution in [1.82, 2.24) is 0 Å². The zero-order valence-electron chi connectivity index (χ0n) is 20.1. The van der Waals surface area contributed by atoms with Gasteiger partial charge in [0.15, 0.2) is 11.6 Å². The molecule has 4 nitrogen and oxygen atoms in total. The van der Waals surface area contributed by atoms with E-state index in [0.717, 1.165) is 11.4 Å². The predicted molar refractivity (Wildman–Crippen MR) is 142 cm³/mol. The first-order valence-corrected chi connectivity index (χ1v) is 11.7. The normalized spacial score (nSPS) is 11.1. The Bertz CT molecular complexity index is 1160. The van der Waals surface area contributed by atoms with E-state index in [4.69, 9.17) is 0 Å². The molecule has 1 aliphatic rings. The highest BCUT2D eigenvalue weighted by atomic mass is 16.1. The monoisotopic (exact) mass is 450 g/mol. The SMILES string of the molecule is CC.CC.O=C1c2cccc(Nc3ccccc3)c2C(=O)c2cccc(Nc3ccccc3)c21. The number of para-hydroxylation sites is 2. The maximum absolute atomic E-state index is 13.4. The Kier molecular flexibility index (Phi) is 8.36. The quantitative estimate of drug-likeness (QED) is 0.291. The number of fused-ring (bicyclic) bond motifs is 2. The Morgan fingerprint density at radius 1 is 0.441 bits per heavy atom. The van der Waals surface area contributed by atoms with Crippen LogP contribution in [0.15, 0.2) is 97.1 Å². The highest BCUT2D eigenvalue weighted by Gasteiger charge is 2.33. The van der Waals surface area contributed by atoms with E-state index in [9.17, 15) is 9.59 Å². The number of anilines is 4. The molecule has 34 heavy (non-hydrogen) atoms. The van der Waals surface area contributed by atoms with Gasteiger partial charge < -0.3 is 10.6 Å². The molecular formula is C30H30N2O2. The van der Waals surface area contributed by atoms with Crippen molar-refractivity contribution in [3.63, 3.8) is 0 Å². The molecule has 1 aliphatic carbocycles. The molecule has 0 saturated heterocycles. The summed E-state index contributed by atoms with van der Waals surface area (Å²) in [6.07, 6.45) is 0. The van der Waals surface area contributed by atoms with E-state index in [1.165, 1.54) is 0 Å². The zero-order valence-corrected chi connectivity index (χ0v) is 20.1. The molecule has 0 radical (unpaired) electrons. The second-order valence-corrected chi connectivity index (χ2v) is 7.10. The highest BCUT2D eigenvalue weighted by molar-refractivity contribution is 6.32. The van der Waals surface area contributed by atoms with Gasteiger partial charge in [0.25, 0.3) is 0 Å². The Balaban J connectivity index is 0.000000771. The summed E-state index contributed by atoms with van der Waals surface area (Å²) < 4.78 is 0. The van der Waals surface area contributed by atoms with Crippen molar-refractivity contribution >= 4 is 34.3 Å².